The third kappa shape index (κ3) is 3.12. The Morgan fingerprint density at radius 3 is 2.52 bits per heavy atom. The predicted octanol–water partition coefficient (Wildman–Crippen LogP) is 2.89. The molecule has 1 aliphatic rings. The molecule has 2 aromatic rings. The fraction of sp³-hybridized carbons (Fsp3) is 0.294. The summed E-state index contributed by atoms with van der Waals surface area (Å²) in [4.78, 5) is 2.22. The second-order valence-electron chi connectivity index (χ2n) is 5.62. The highest BCUT2D eigenvalue weighted by Crippen LogP contribution is 2.29. The molecule has 0 spiro atoms. The Morgan fingerprint density at radius 2 is 1.81 bits per heavy atom. The van der Waals surface area contributed by atoms with Crippen LogP contribution in [-0.4, -0.2) is 24.0 Å². The molecule has 0 saturated carbocycles. The third-order valence-corrected chi connectivity index (χ3v) is 4.05. The van der Waals surface area contributed by atoms with Gasteiger partial charge in [-0.15, -0.1) is 0 Å². The summed E-state index contributed by atoms with van der Waals surface area (Å²) in [6.07, 6.45) is 0. The van der Waals surface area contributed by atoms with Gasteiger partial charge in [-0.1, -0.05) is 36.4 Å². The van der Waals surface area contributed by atoms with Crippen molar-refractivity contribution < 1.29 is 8.78 Å². The number of hydrogen-bond acceptors (Lipinski definition) is 2. The molecule has 1 aliphatic heterocycles. The van der Waals surface area contributed by atoms with Crippen LogP contribution < -0.4 is 5.73 Å². The number of nitrogens with two attached hydrogens (primary N) is 1. The molecule has 2 unspecified atom stereocenters. The number of nitrogens with zero attached hydrogens (tertiary/aromatic N) is 1. The minimum atomic E-state index is -0.552. The summed E-state index contributed by atoms with van der Waals surface area (Å²) in [7, 11) is 0. The first-order valence-corrected chi connectivity index (χ1v) is 7.10. The standard InChI is InChI=1S/C17H18F2N2/c18-13-6-7-14(16(19)8-13)15-10-21(11-17(15)20)9-12-4-2-1-3-5-12/h1-8,15,17H,9-11,20H2. The number of hydrogen-bond donors (Lipinski definition) is 1. The maximum atomic E-state index is 13.9. The summed E-state index contributed by atoms with van der Waals surface area (Å²) < 4.78 is 26.9. The van der Waals surface area contributed by atoms with Crippen molar-refractivity contribution in [2.45, 2.75) is 18.5 Å². The highest BCUT2D eigenvalue weighted by atomic mass is 19.1. The third-order valence-electron chi connectivity index (χ3n) is 4.05. The molecule has 3 rings (SSSR count). The second-order valence-corrected chi connectivity index (χ2v) is 5.62. The van der Waals surface area contributed by atoms with E-state index in [0.717, 1.165) is 19.2 Å². The minimum absolute atomic E-state index is 0.0886. The van der Waals surface area contributed by atoms with E-state index in [1.807, 2.05) is 18.2 Å². The second kappa shape index (κ2) is 5.92. The average Bonchev–Trinajstić information content (AvgIpc) is 2.80. The van der Waals surface area contributed by atoms with Crippen molar-refractivity contribution in [2.24, 2.45) is 5.73 Å². The molecule has 0 bridgehead atoms. The Morgan fingerprint density at radius 1 is 1.05 bits per heavy atom. The first-order valence-electron chi connectivity index (χ1n) is 7.10. The van der Waals surface area contributed by atoms with Gasteiger partial charge in [0.25, 0.3) is 0 Å². The van der Waals surface area contributed by atoms with Gasteiger partial charge in [0.1, 0.15) is 11.6 Å². The lowest BCUT2D eigenvalue weighted by atomic mass is 9.94. The van der Waals surface area contributed by atoms with E-state index in [1.54, 1.807) is 0 Å². The summed E-state index contributed by atoms with van der Waals surface area (Å²) in [5.41, 5.74) is 7.89. The van der Waals surface area contributed by atoms with Crippen LogP contribution in [0.5, 0.6) is 0 Å². The monoisotopic (exact) mass is 288 g/mol. The number of rotatable bonds is 3. The van der Waals surface area contributed by atoms with Gasteiger partial charge in [0.05, 0.1) is 0 Å². The van der Waals surface area contributed by atoms with Crippen LogP contribution in [0, 0.1) is 11.6 Å². The molecule has 21 heavy (non-hydrogen) atoms. The van der Waals surface area contributed by atoms with Crippen molar-refractivity contribution in [2.75, 3.05) is 13.1 Å². The molecule has 0 aliphatic carbocycles. The lowest BCUT2D eigenvalue weighted by Gasteiger charge is -2.16. The van der Waals surface area contributed by atoms with Gasteiger partial charge in [-0.25, -0.2) is 8.78 Å². The molecule has 2 aromatic carbocycles. The first-order chi connectivity index (χ1) is 10.1. The SMILES string of the molecule is NC1CN(Cc2ccccc2)CC1c1ccc(F)cc1F. The zero-order valence-corrected chi connectivity index (χ0v) is 11.7. The number of likely N-dealkylation sites (tertiary alicyclic amines) is 1. The molecular formula is C17H18F2N2. The molecular weight excluding hydrogens is 270 g/mol. The summed E-state index contributed by atoms with van der Waals surface area (Å²) in [5.74, 6) is -1.14. The van der Waals surface area contributed by atoms with E-state index in [9.17, 15) is 8.78 Å². The molecule has 4 heteroatoms. The zero-order valence-electron chi connectivity index (χ0n) is 11.7. The Hall–Kier alpha value is -1.78. The van der Waals surface area contributed by atoms with E-state index in [-0.39, 0.29) is 12.0 Å². The maximum absolute atomic E-state index is 13.9. The quantitative estimate of drug-likeness (QED) is 0.941. The molecule has 2 atom stereocenters. The van der Waals surface area contributed by atoms with E-state index in [4.69, 9.17) is 5.73 Å². The van der Waals surface area contributed by atoms with Gasteiger partial charge in [0, 0.05) is 37.7 Å². The van der Waals surface area contributed by atoms with Crippen LogP contribution in [0.15, 0.2) is 48.5 Å². The van der Waals surface area contributed by atoms with E-state index in [2.05, 4.69) is 17.0 Å². The predicted molar refractivity (Wildman–Crippen MR) is 78.8 cm³/mol. The van der Waals surface area contributed by atoms with Crippen molar-refractivity contribution in [1.29, 1.82) is 0 Å². The Labute approximate surface area is 123 Å². The lowest BCUT2D eigenvalue weighted by Crippen LogP contribution is -2.29. The molecule has 0 amide bonds. The Kier molecular flexibility index (Phi) is 3.99. The van der Waals surface area contributed by atoms with Crippen LogP contribution in [-0.2, 0) is 6.54 Å². The van der Waals surface area contributed by atoms with Crippen molar-refractivity contribution in [3.8, 4) is 0 Å². The van der Waals surface area contributed by atoms with Crippen LogP contribution in [0.3, 0.4) is 0 Å². The zero-order chi connectivity index (χ0) is 14.8. The van der Waals surface area contributed by atoms with E-state index < -0.39 is 11.6 Å². The lowest BCUT2D eigenvalue weighted by molar-refractivity contribution is 0.323. The molecule has 2 N–H and O–H groups in total. The molecule has 1 saturated heterocycles. The fourth-order valence-corrected chi connectivity index (χ4v) is 3.02. The number of halogens is 2. The van der Waals surface area contributed by atoms with Crippen LogP contribution >= 0.6 is 0 Å². The molecule has 2 nitrogen and oxygen atoms in total. The van der Waals surface area contributed by atoms with Crippen molar-refractivity contribution >= 4 is 0 Å². The van der Waals surface area contributed by atoms with Gasteiger partial charge in [0.15, 0.2) is 0 Å². The van der Waals surface area contributed by atoms with Crippen LogP contribution in [0.2, 0.25) is 0 Å². The summed E-state index contributed by atoms with van der Waals surface area (Å²) in [6, 6.07) is 13.7. The van der Waals surface area contributed by atoms with Gasteiger partial charge in [-0.05, 0) is 17.2 Å². The van der Waals surface area contributed by atoms with Gasteiger partial charge < -0.3 is 5.73 Å². The van der Waals surface area contributed by atoms with Crippen LogP contribution in [0.1, 0.15) is 17.0 Å². The van der Waals surface area contributed by atoms with Crippen molar-refractivity contribution in [3.63, 3.8) is 0 Å². The highest BCUT2D eigenvalue weighted by molar-refractivity contribution is 5.26. The van der Waals surface area contributed by atoms with E-state index in [1.165, 1.54) is 17.7 Å². The fourth-order valence-electron chi connectivity index (χ4n) is 3.02. The molecule has 0 radical (unpaired) electrons. The minimum Gasteiger partial charge on any atom is -0.326 e. The maximum Gasteiger partial charge on any atom is 0.129 e. The Bertz CT molecular complexity index is 615. The average molecular weight is 288 g/mol. The van der Waals surface area contributed by atoms with E-state index in [0.29, 0.717) is 12.1 Å². The smallest absolute Gasteiger partial charge is 0.129 e. The molecule has 1 fully saturated rings. The van der Waals surface area contributed by atoms with Gasteiger partial charge >= 0.3 is 0 Å². The van der Waals surface area contributed by atoms with Crippen molar-refractivity contribution in [3.05, 3.63) is 71.3 Å². The normalized spacial score (nSPS) is 22.6. The van der Waals surface area contributed by atoms with Gasteiger partial charge in [-0.3, -0.25) is 4.90 Å². The Balaban J connectivity index is 1.74. The topological polar surface area (TPSA) is 29.3 Å². The van der Waals surface area contributed by atoms with Crippen LogP contribution in [0.4, 0.5) is 8.78 Å². The largest absolute Gasteiger partial charge is 0.326 e. The molecule has 110 valence electrons. The van der Waals surface area contributed by atoms with E-state index >= 15 is 0 Å². The summed E-state index contributed by atoms with van der Waals surface area (Å²) in [6.45, 7) is 2.21. The highest BCUT2D eigenvalue weighted by Gasteiger charge is 2.32. The summed E-state index contributed by atoms with van der Waals surface area (Å²) in [5, 5.41) is 0. The van der Waals surface area contributed by atoms with Gasteiger partial charge in [0.2, 0.25) is 0 Å². The number of benzene rings is 2. The first kappa shape index (κ1) is 14.2. The molecule has 0 aromatic heterocycles. The van der Waals surface area contributed by atoms with Crippen molar-refractivity contribution in [1.82, 2.24) is 4.90 Å². The molecule has 1 heterocycles. The summed E-state index contributed by atoms with van der Waals surface area (Å²) >= 11 is 0. The van der Waals surface area contributed by atoms with Gasteiger partial charge in [-0.2, -0.15) is 0 Å². The van der Waals surface area contributed by atoms with Crippen LogP contribution in [0.25, 0.3) is 0 Å².